The summed E-state index contributed by atoms with van der Waals surface area (Å²) in [6.45, 7) is 29.9. The van der Waals surface area contributed by atoms with Gasteiger partial charge in [-0.15, -0.1) is 92.5 Å². The van der Waals surface area contributed by atoms with Crippen molar-refractivity contribution in [1.29, 1.82) is 0 Å². The molecule has 4 aromatic carbocycles. The summed E-state index contributed by atoms with van der Waals surface area (Å²) >= 11 is 3.67. The van der Waals surface area contributed by atoms with Crippen molar-refractivity contribution in [2.24, 2.45) is 0 Å². The van der Waals surface area contributed by atoms with Gasteiger partial charge in [0.05, 0.1) is 11.5 Å². The number of aliphatic hydroxyl groups is 2. The van der Waals surface area contributed by atoms with Crippen LogP contribution in [-0.4, -0.2) is 31.7 Å². The predicted molar refractivity (Wildman–Crippen MR) is 294 cm³/mol. The summed E-state index contributed by atoms with van der Waals surface area (Å²) in [6.07, 6.45) is 6.33. The summed E-state index contributed by atoms with van der Waals surface area (Å²) in [5, 5.41) is 19.1. The summed E-state index contributed by atoms with van der Waals surface area (Å²) in [7, 11) is 0. The number of fused-ring (bicyclic) bond motifs is 2. The Labute approximate surface area is 457 Å². The van der Waals surface area contributed by atoms with Crippen molar-refractivity contribution >= 4 is 54.4 Å². The molecule has 0 fully saturated rings. The Hall–Kier alpha value is -5.18. The Balaban J connectivity index is 0.000000290. The zero-order valence-electron chi connectivity index (χ0n) is 43.6. The summed E-state index contributed by atoms with van der Waals surface area (Å²) in [4.78, 5) is 32.1. The van der Waals surface area contributed by atoms with Crippen molar-refractivity contribution in [1.82, 2.24) is 9.97 Å². The molecule has 376 valence electrons. The molecule has 0 aliphatic rings. The van der Waals surface area contributed by atoms with E-state index in [1.165, 1.54) is 109 Å². The van der Waals surface area contributed by atoms with Crippen LogP contribution in [0.25, 0.3) is 63.6 Å². The first kappa shape index (κ1) is 60.1. The van der Waals surface area contributed by atoms with Crippen molar-refractivity contribution in [2.75, 3.05) is 0 Å². The van der Waals surface area contributed by atoms with E-state index >= 15 is 0 Å². The third-order valence-electron chi connectivity index (χ3n) is 11.0. The number of carbonyl (C=O) groups excluding carboxylic acids is 2. The van der Waals surface area contributed by atoms with Gasteiger partial charge in [-0.05, 0) is 105 Å². The monoisotopic (exact) mass is 1340 g/mol. The van der Waals surface area contributed by atoms with Crippen LogP contribution in [0.2, 0.25) is 0 Å². The molecule has 0 saturated carbocycles. The van der Waals surface area contributed by atoms with E-state index < -0.39 is 0 Å². The molecule has 71 heavy (non-hydrogen) atoms. The maximum Gasteiger partial charge on any atom is 0.155 e. The minimum Gasteiger partial charge on any atom is -0.512 e. The van der Waals surface area contributed by atoms with Gasteiger partial charge in [-0.25, -0.2) is 0 Å². The number of rotatable bonds is 6. The van der Waals surface area contributed by atoms with Gasteiger partial charge in [0.2, 0.25) is 0 Å². The Kier molecular flexibility index (Phi) is 22.0. The molecule has 0 spiro atoms. The first-order valence-electron chi connectivity index (χ1n) is 23.1. The third kappa shape index (κ3) is 17.5. The fourth-order valence-electron chi connectivity index (χ4n) is 7.51. The van der Waals surface area contributed by atoms with Gasteiger partial charge in [-0.2, -0.15) is 0 Å². The molecule has 4 aromatic heterocycles. The largest absolute Gasteiger partial charge is 0.512 e. The van der Waals surface area contributed by atoms with Crippen LogP contribution < -0.4 is 0 Å². The second-order valence-electron chi connectivity index (χ2n) is 19.8. The first-order chi connectivity index (χ1) is 32.3. The van der Waals surface area contributed by atoms with Gasteiger partial charge >= 0.3 is 0 Å². The van der Waals surface area contributed by atoms with Crippen molar-refractivity contribution in [3.8, 4) is 43.4 Å². The van der Waals surface area contributed by atoms with E-state index in [0.29, 0.717) is 0 Å². The number of aryl methyl sites for hydroxylation is 5. The number of hydrogen-bond donors (Lipinski definition) is 2. The molecule has 4 heterocycles. The maximum absolute atomic E-state index is 10.0. The number of nitrogens with zero attached hydrogens (tertiary/aromatic N) is 2. The molecular weight excluding hydrogens is 1270 g/mol. The molecule has 0 amide bonds. The molecule has 2 radical (unpaired) electrons. The van der Waals surface area contributed by atoms with Gasteiger partial charge < -0.3 is 20.2 Å². The minimum absolute atomic E-state index is 0. The minimum atomic E-state index is -0.125. The van der Waals surface area contributed by atoms with E-state index in [9.17, 15) is 9.59 Å². The molecule has 10 heteroatoms. The third-order valence-corrected chi connectivity index (χ3v) is 13.2. The summed E-state index contributed by atoms with van der Waals surface area (Å²) in [6, 6.07) is 40.1. The summed E-state index contributed by atoms with van der Waals surface area (Å²) in [5.74, 6) is -0.125. The van der Waals surface area contributed by atoms with Crippen LogP contribution >= 0.6 is 22.7 Å². The fraction of sp³-hybridized carbons (Fsp3) is 0.279. The summed E-state index contributed by atoms with van der Waals surface area (Å²) < 4.78 is 2.54. The van der Waals surface area contributed by atoms with Crippen molar-refractivity contribution in [3.05, 3.63) is 178 Å². The fourth-order valence-corrected chi connectivity index (χ4v) is 9.83. The van der Waals surface area contributed by atoms with E-state index in [2.05, 4.69) is 179 Å². The van der Waals surface area contributed by atoms with Crippen LogP contribution in [0.4, 0.5) is 0 Å². The quantitative estimate of drug-likeness (QED) is 0.0977. The van der Waals surface area contributed by atoms with Crippen molar-refractivity contribution in [3.63, 3.8) is 0 Å². The Morgan fingerprint density at radius 1 is 0.549 bits per heavy atom. The van der Waals surface area contributed by atoms with Gasteiger partial charge in [0, 0.05) is 94.7 Å². The zero-order chi connectivity index (χ0) is 51.0. The molecule has 6 nitrogen and oxygen atoms in total. The molecule has 2 N–H and O–H groups in total. The Morgan fingerprint density at radius 2 is 0.944 bits per heavy atom. The van der Waals surface area contributed by atoms with Crippen LogP contribution in [0.15, 0.2) is 127 Å². The number of aliphatic hydroxyl groups excluding tert-OH is 2. The maximum atomic E-state index is 10.0. The van der Waals surface area contributed by atoms with Crippen LogP contribution in [0.3, 0.4) is 0 Å². The molecule has 8 rings (SSSR count). The Bertz CT molecular complexity index is 3130. The van der Waals surface area contributed by atoms with Crippen LogP contribution in [0.1, 0.15) is 108 Å². The first-order valence-corrected chi connectivity index (χ1v) is 24.7. The van der Waals surface area contributed by atoms with E-state index in [0.717, 1.165) is 33.6 Å². The second-order valence-corrected chi connectivity index (χ2v) is 22.0. The molecular formula is C61H66Ir2N2O4S2-2. The van der Waals surface area contributed by atoms with Crippen molar-refractivity contribution in [2.45, 2.75) is 115 Å². The molecule has 0 saturated heterocycles. The molecule has 0 aliphatic carbocycles. The SMILES string of the molecule is CC(=O)C=C(C)O.CC(=O)C=C(C)O.Cc1[c-]c(-c2cc3sc(-c4c(C)cccc4C)cc3cn2)cc(C(C)(C)C)c1.Cc1[c-]c(-c2cc3sc(-c4ccc(C)cc4)cc3cn2)cc(C(C)(C)C)c1.[Ir].[Ir]. The van der Waals surface area contributed by atoms with Crippen LogP contribution in [0.5, 0.6) is 0 Å². The number of ketones is 2. The van der Waals surface area contributed by atoms with Crippen LogP contribution in [0, 0.1) is 46.8 Å². The molecule has 0 atom stereocenters. The second kappa shape index (κ2) is 26.0. The average Bonchev–Trinajstić information content (AvgIpc) is 3.86. The molecule has 0 unspecified atom stereocenters. The van der Waals surface area contributed by atoms with E-state index in [1.54, 1.807) is 0 Å². The molecule has 8 aromatic rings. The number of allylic oxidation sites excluding steroid dienone is 4. The normalized spacial score (nSPS) is 11.5. The topological polar surface area (TPSA) is 100 Å². The number of benzene rings is 4. The van der Waals surface area contributed by atoms with E-state index in [4.69, 9.17) is 20.2 Å². The number of thiophene rings is 2. The standard InChI is InChI=1S/C26H26NS.C25H24NS.2C5H8O2.2Ir/c1-16-10-19(12-21(11-16)26(4,5)6)22-14-23-20(15-27-22)13-24(28-23)25-17(2)8-7-9-18(25)3;1-16-6-8-18(9-7-16)23-13-20-15-26-22(14-24(20)27-23)19-10-17(2)11-21(12-19)25(3,4)5;2*1-4(6)3-5(2)7;;/h7-9,11-15H,1-6H3;6-9,11-15H,1-5H3;2*3,6H,1-2H3;;/q2*-1;;;;. The van der Waals surface area contributed by atoms with Gasteiger partial charge in [-0.3, -0.25) is 9.59 Å². The average molecular weight is 1340 g/mol. The predicted octanol–water partition coefficient (Wildman–Crippen LogP) is 17.1. The van der Waals surface area contributed by atoms with Gasteiger partial charge in [-0.1, -0.05) is 116 Å². The van der Waals surface area contributed by atoms with E-state index in [-0.39, 0.29) is 74.1 Å². The number of hydrogen-bond acceptors (Lipinski definition) is 8. The van der Waals surface area contributed by atoms with Crippen LogP contribution in [-0.2, 0) is 60.6 Å². The number of aromatic nitrogens is 2. The van der Waals surface area contributed by atoms with Crippen molar-refractivity contribution < 1.29 is 60.0 Å². The molecule has 0 aliphatic heterocycles. The van der Waals surface area contributed by atoms with E-state index in [1.807, 2.05) is 35.1 Å². The number of carbonyl (C=O) groups is 2. The molecule has 0 bridgehead atoms. The van der Waals surface area contributed by atoms with Gasteiger partial charge in [0.1, 0.15) is 0 Å². The summed E-state index contributed by atoms with van der Waals surface area (Å²) in [5.41, 5.74) is 15.9. The Morgan fingerprint density at radius 3 is 1.31 bits per heavy atom. The smallest absolute Gasteiger partial charge is 0.155 e. The van der Waals surface area contributed by atoms with Gasteiger partial charge in [0.25, 0.3) is 0 Å². The zero-order valence-corrected chi connectivity index (χ0v) is 50.0. The number of pyridine rings is 2. The van der Waals surface area contributed by atoms with Gasteiger partial charge in [0.15, 0.2) is 11.6 Å².